The number of rotatable bonds is 9. The molecule has 33 heavy (non-hydrogen) atoms. The molecule has 1 aliphatic rings. The summed E-state index contributed by atoms with van der Waals surface area (Å²) in [4.78, 5) is 18.5. The molecule has 1 atom stereocenters. The predicted molar refractivity (Wildman–Crippen MR) is 126 cm³/mol. The van der Waals surface area contributed by atoms with E-state index in [2.05, 4.69) is 16.2 Å². The molecule has 3 aromatic rings. The maximum Gasteiger partial charge on any atom is 0.258 e. The number of aliphatic hydroxyl groups is 1. The summed E-state index contributed by atoms with van der Waals surface area (Å²) in [5, 5.41) is 13.4. The normalized spacial score (nSPS) is 16.1. The third-order valence-corrected chi connectivity index (χ3v) is 5.96. The van der Waals surface area contributed by atoms with E-state index in [-0.39, 0.29) is 18.6 Å². The van der Waals surface area contributed by atoms with Gasteiger partial charge in [0.2, 0.25) is 11.7 Å². The first-order chi connectivity index (χ1) is 15.9. The second kappa shape index (κ2) is 10.2. The van der Waals surface area contributed by atoms with Gasteiger partial charge in [-0.15, -0.1) is 0 Å². The van der Waals surface area contributed by atoms with Crippen LogP contribution in [0.4, 0.5) is 0 Å². The Labute approximate surface area is 194 Å². The number of aryl methyl sites for hydroxylation is 2. The van der Waals surface area contributed by atoms with Crippen molar-refractivity contribution in [1.82, 2.24) is 15.0 Å². The molecule has 2 heterocycles. The van der Waals surface area contributed by atoms with Gasteiger partial charge < -0.3 is 19.3 Å². The molecule has 7 heteroatoms. The van der Waals surface area contributed by atoms with Gasteiger partial charge in [0.25, 0.3) is 5.89 Å². The van der Waals surface area contributed by atoms with Crippen LogP contribution in [-0.2, 0) is 11.2 Å². The van der Waals surface area contributed by atoms with Crippen LogP contribution < -0.4 is 4.74 Å². The maximum absolute atomic E-state index is 12.1. The fourth-order valence-electron chi connectivity index (χ4n) is 4.32. The van der Waals surface area contributed by atoms with Gasteiger partial charge in [0.1, 0.15) is 5.75 Å². The quantitative estimate of drug-likeness (QED) is 0.525. The molecule has 1 unspecified atom stereocenters. The van der Waals surface area contributed by atoms with Gasteiger partial charge in [0.15, 0.2) is 0 Å². The van der Waals surface area contributed by atoms with Crippen molar-refractivity contribution in [2.24, 2.45) is 5.92 Å². The fourth-order valence-corrected chi connectivity index (χ4v) is 4.32. The van der Waals surface area contributed by atoms with Crippen molar-refractivity contribution in [3.05, 3.63) is 53.6 Å². The molecule has 174 valence electrons. The molecule has 0 radical (unpaired) electrons. The van der Waals surface area contributed by atoms with Gasteiger partial charge in [-0.3, -0.25) is 4.79 Å². The average molecular weight is 450 g/mol. The van der Waals surface area contributed by atoms with Crippen LogP contribution in [0.25, 0.3) is 22.8 Å². The number of carbonyl (C=O) groups is 1. The van der Waals surface area contributed by atoms with Gasteiger partial charge in [0, 0.05) is 30.6 Å². The Hall–Kier alpha value is -3.19. The van der Waals surface area contributed by atoms with Gasteiger partial charge in [-0.2, -0.15) is 4.98 Å². The largest absolute Gasteiger partial charge is 0.491 e. The van der Waals surface area contributed by atoms with E-state index in [0.29, 0.717) is 37.1 Å². The number of aliphatic hydroxyl groups excluding tert-OH is 1. The topological polar surface area (TPSA) is 88.7 Å². The average Bonchev–Trinajstić information content (AvgIpc) is 3.41. The smallest absolute Gasteiger partial charge is 0.258 e. The number of amides is 1. The lowest BCUT2D eigenvalue weighted by atomic mass is 9.95. The summed E-state index contributed by atoms with van der Waals surface area (Å²) >= 11 is 0. The lowest BCUT2D eigenvalue weighted by molar-refractivity contribution is -0.128. The molecular formula is C26H31N3O4. The van der Waals surface area contributed by atoms with E-state index >= 15 is 0 Å². The third-order valence-electron chi connectivity index (χ3n) is 5.96. The van der Waals surface area contributed by atoms with Crippen molar-refractivity contribution < 1.29 is 19.2 Å². The minimum absolute atomic E-state index is 0.00839. The van der Waals surface area contributed by atoms with Crippen molar-refractivity contribution in [3.8, 4) is 28.6 Å². The van der Waals surface area contributed by atoms with E-state index in [9.17, 15) is 4.79 Å². The first-order valence-corrected chi connectivity index (χ1v) is 11.5. The number of hydrogen-bond acceptors (Lipinski definition) is 6. The van der Waals surface area contributed by atoms with Crippen molar-refractivity contribution in [1.29, 1.82) is 0 Å². The van der Waals surface area contributed by atoms with Crippen molar-refractivity contribution in [2.75, 3.05) is 19.7 Å². The van der Waals surface area contributed by atoms with Crippen LogP contribution in [0.15, 0.2) is 47.0 Å². The van der Waals surface area contributed by atoms with Crippen LogP contribution in [0.1, 0.15) is 37.8 Å². The summed E-state index contributed by atoms with van der Waals surface area (Å²) in [6.07, 6.45) is 2.38. The second-order valence-corrected chi connectivity index (χ2v) is 8.90. The van der Waals surface area contributed by atoms with Crippen molar-refractivity contribution >= 4 is 5.91 Å². The molecule has 0 spiro atoms. The number of hydrogen-bond donors (Lipinski definition) is 1. The second-order valence-electron chi connectivity index (χ2n) is 8.90. The van der Waals surface area contributed by atoms with Gasteiger partial charge in [-0.1, -0.05) is 29.4 Å². The Morgan fingerprint density at radius 1 is 1.24 bits per heavy atom. The summed E-state index contributed by atoms with van der Waals surface area (Å²) in [7, 11) is 0. The number of benzene rings is 2. The monoisotopic (exact) mass is 449 g/mol. The fraction of sp³-hybridized carbons (Fsp3) is 0.423. The molecule has 0 saturated carbocycles. The number of aromatic nitrogens is 2. The molecular weight excluding hydrogens is 418 g/mol. The molecule has 1 N–H and O–H groups in total. The van der Waals surface area contributed by atoms with E-state index < -0.39 is 0 Å². The van der Waals surface area contributed by atoms with Gasteiger partial charge in [0.05, 0.1) is 12.7 Å². The van der Waals surface area contributed by atoms with E-state index in [1.165, 1.54) is 0 Å². The van der Waals surface area contributed by atoms with Gasteiger partial charge >= 0.3 is 0 Å². The Kier molecular flexibility index (Phi) is 7.08. The molecule has 1 fully saturated rings. The summed E-state index contributed by atoms with van der Waals surface area (Å²) in [6, 6.07) is 13.9. The number of likely N-dealkylation sites (tertiary alicyclic amines) is 1. The minimum atomic E-state index is 0.00839. The molecule has 1 saturated heterocycles. The highest BCUT2D eigenvalue weighted by molar-refractivity contribution is 5.78. The molecule has 0 aliphatic carbocycles. The molecule has 7 nitrogen and oxygen atoms in total. The summed E-state index contributed by atoms with van der Waals surface area (Å²) in [6.45, 7) is 7.15. The highest BCUT2D eigenvalue weighted by atomic mass is 16.5. The predicted octanol–water partition coefficient (Wildman–Crippen LogP) is 4.27. The number of nitrogens with zero attached hydrogens (tertiary/aromatic N) is 3. The first kappa shape index (κ1) is 23.0. The Bertz CT molecular complexity index is 1110. The zero-order chi connectivity index (χ0) is 23.4. The molecule has 2 aromatic carbocycles. The molecule has 4 rings (SSSR count). The lowest BCUT2D eigenvalue weighted by Crippen LogP contribution is -2.28. The van der Waals surface area contributed by atoms with Crippen LogP contribution >= 0.6 is 0 Å². The van der Waals surface area contributed by atoms with Crippen molar-refractivity contribution in [3.63, 3.8) is 0 Å². The van der Waals surface area contributed by atoms with Crippen LogP contribution in [0.3, 0.4) is 0 Å². The standard InChI is InChI=1S/C26H31N3O4/c1-17(2)32-23-11-10-21(14-18(23)3)26-27-25(28-33-26)22-7-5-4-6-20(22)9-8-19-15-24(31)29(16-19)12-13-30/h4-7,10-11,14,17,19,30H,8-9,12-13,15-16H2,1-3H3. The van der Waals surface area contributed by atoms with E-state index in [4.69, 9.17) is 14.4 Å². The zero-order valence-electron chi connectivity index (χ0n) is 19.5. The summed E-state index contributed by atoms with van der Waals surface area (Å²) < 4.78 is 11.4. The van der Waals surface area contributed by atoms with Crippen LogP contribution in [0, 0.1) is 12.8 Å². The summed E-state index contributed by atoms with van der Waals surface area (Å²) in [5.74, 6) is 2.31. The SMILES string of the molecule is Cc1cc(-c2nc(-c3ccccc3CCC3CC(=O)N(CCO)C3)no2)ccc1OC(C)C. The highest BCUT2D eigenvalue weighted by Crippen LogP contribution is 2.30. The summed E-state index contributed by atoms with van der Waals surface area (Å²) in [5.41, 5.74) is 3.95. The van der Waals surface area contributed by atoms with E-state index in [1.54, 1.807) is 4.90 Å². The molecule has 0 bridgehead atoms. The zero-order valence-corrected chi connectivity index (χ0v) is 19.5. The third kappa shape index (κ3) is 5.42. The van der Waals surface area contributed by atoms with E-state index in [0.717, 1.165) is 40.8 Å². The van der Waals surface area contributed by atoms with Crippen LogP contribution in [-0.4, -0.2) is 51.9 Å². The van der Waals surface area contributed by atoms with Crippen LogP contribution in [0.5, 0.6) is 5.75 Å². The molecule has 1 aromatic heterocycles. The number of β-amino-alcohol motifs (C(OH)–C–C–N with tert-alkyl or cyclic N) is 1. The number of carbonyl (C=O) groups excluding carboxylic acids is 1. The van der Waals surface area contributed by atoms with Crippen LogP contribution in [0.2, 0.25) is 0 Å². The maximum atomic E-state index is 12.1. The van der Waals surface area contributed by atoms with Gasteiger partial charge in [-0.25, -0.2) is 0 Å². The first-order valence-electron chi connectivity index (χ1n) is 11.5. The minimum Gasteiger partial charge on any atom is -0.491 e. The van der Waals surface area contributed by atoms with Gasteiger partial charge in [-0.05, 0) is 68.9 Å². The lowest BCUT2D eigenvalue weighted by Gasteiger charge is -2.15. The van der Waals surface area contributed by atoms with E-state index in [1.807, 2.05) is 57.2 Å². The Morgan fingerprint density at radius 3 is 2.82 bits per heavy atom. The molecule has 1 aliphatic heterocycles. The molecule has 1 amide bonds. The number of ether oxygens (including phenoxy) is 1. The van der Waals surface area contributed by atoms with Crippen molar-refractivity contribution in [2.45, 2.75) is 46.1 Å². The highest BCUT2D eigenvalue weighted by Gasteiger charge is 2.29. The Morgan fingerprint density at radius 2 is 2.06 bits per heavy atom. The Balaban J connectivity index is 1.48.